The van der Waals surface area contributed by atoms with Gasteiger partial charge in [0.25, 0.3) is 0 Å². The molecule has 1 aromatic heterocycles. The highest BCUT2D eigenvalue weighted by Gasteiger charge is 2.35. The van der Waals surface area contributed by atoms with Crippen molar-refractivity contribution in [1.29, 1.82) is 0 Å². The van der Waals surface area contributed by atoms with Gasteiger partial charge in [0.2, 0.25) is 10.0 Å². The summed E-state index contributed by atoms with van der Waals surface area (Å²) in [7, 11) is -2.21. The van der Waals surface area contributed by atoms with E-state index in [2.05, 4.69) is 10.3 Å². The fourth-order valence-electron chi connectivity index (χ4n) is 3.03. The molecule has 142 valence electrons. The van der Waals surface area contributed by atoms with Gasteiger partial charge in [0.05, 0.1) is 23.1 Å². The topological polar surface area (TPSA) is 71.5 Å². The second kappa shape index (κ2) is 8.54. The van der Waals surface area contributed by atoms with Crippen LogP contribution < -0.4 is 10.1 Å². The summed E-state index contributed by atoms with van der Waals surface area (Å²) in [6, 6.07) is 6.50. The van der Waals surface area contributed by atoms with E-state index < -0.39 is 10.0 Å². The van der Waals surface area contributed by atoms with Crippen LogP contribution in [0.4, 0.5) is 0 Å². The molecule has 0 amide bonds. The minimum absolute atomic E-state index is 0. The molecule has 6 nitrogen and oxygen atoms in total. The van der Waals surface area contributed by atoms with Crippen LogP contribution in [0.25, 0.3) is 0 Å². The molecule has 0 bridgehead atoms. The van der Waals surface area contributed by atoms with E-state index in [0.717, 1.165) is 5.56 Å². The van der Waals surface area contributed by atoms with Gasteiger partial charge in [0.1, 0.15) is 5.75 Å². The second-order valence-corrected chi connectivity index (χ2v) is 8.14. The SMILES string of the molecule is COc1cc(C)c(S(=O)(=O)N2CCNCC2c2cccnc2)cc1Cl.Cl. The smallest absolute Gasteiger partial charge is 0.244 e. The molecule has 3 rings (SSSR count). The van der Waals surface area contributed by atoms with Crippen molar-refractivity contribution in [2.75, 3.05) is 26.7 Å². The number of aromatic nitrogens is 1. The Balaban J connectivity index is 0.00000243. The Hall–Kier alpha value is -1.38. The van der Waals surface area contributed by atoms with Crippen molar-refractivity contribution < 1.29 is 13.2 Å². The van der Waals surface area contributed by atoms with Gasteiger partial charge in [0.15, 0.2) is 0 Å². The van der Waals surface area contributed by atoms with Crippen LogP contribution in [-0.2, 0) is 10.0 Å². The third-order valence-corrected chi connectivity index (χ3v) is 6.65. The predicted molar refractivity (Wildman–Crippen MR) is 104 cm³/mol. The number of piperazine rings is 1. The minimum atomic E-state index is -3.71. The van der Waals surface area contributed by atoms with Crippen LogP contribution in [0.15, 0.2) is 41.6 Å². The zero-order valence-electron chi connectivity index (χ0n) is 14.5. The molecule has 0 aliphatic carbocycles. The van der Waals surface area contributed by atoms with Gasteiger partial charge in [-0.1, -0.05) is 17.7 Å². The monoisotopic (exact) mass is 417 g/mol. The maximum Gasteiger partial charge on any atom is 0.244 e. The Bertz CT molecular complexity index is 863. The van der Waals surface area contributed by atoms with Crippen molar-refractivity contribution in [2.45, 2.75) is 17.9 Å². The fourth-order valence-corrected chi connectivity index (χ4v) is 5.18. The molecule has 1 aromatic carbocycles. The Morgan fingerprint density at radius 2 is 2.15 bits per heavy atom. The number of halogens is 2. The van der Waals surface area contributed by atoms with E-state index in [0.29, 0.717) is 30.9 Å². The van der Waals surface area contributed by atoms with E-state index in [1.165, 1.54) is 17.5 Å². The Kier molecular flexibility index (Phi) is 6.87. The number of ether oxygens (including phenoxy) is 1. The summed E-state index contributed by atoms with van der Waals surface area (Å²) < 4.78 is 33.3. The predicted octanol–water partition coefficient (Wildman–Crippen LogP) is 2.81. The van der Waals surface area contributed by atoms with Gasteiger partial charge in [-0.3, -0.25) is 4.98 Å². The van der Waals surface area contributed by atoms with Crippen molar-refractivity contribution in [1.82, 2.24) is 14.6 Å². The van der Waals surface area contributed by atoms with Gasteiger partial charge in [-0.2, -0.15) is 4.31 Å². The third kappa shape index (κ3) is 3.97. The van der Waals surface area contributed by atoms with E-state index in [4.69, 9.17) is 16.3 Å². The molecule has 0 spiro atoms. The second-order valence-electron chi connectivity index (χ2n) is 5.87. The van der Waals surface area contributed by atoms with Gasteiger partial charge in [0, 0.05) is 32.0 Å². The zero-order chi connectivity index (χ0) is 18.0. The van der Waals surface area contributed by atoms with E-state index in [9.17, 15) is 8.42 Å². The summed E-state index contributed by atoms with van der Waals surface area (Å²) in [5.41, 5.74) is 1.46. The van der Waals surface area contributed by atoms with Crippen LogP contribution in [0.3, 0.4) is 0 Å². The number of sulfonamides is 1. The van der Waals surface area contributed by atoms with Crippen LogP contribution in [0.2, 0.25) is 5.02 Å². The first-order valence-corrected chi connectivity index (χ1v) is 9.73. The van der Waals surface area contributed by atoms with Crippen LogP contribution >= 0.6 is 24.0 Å². The average molecular weight is 418 g/mol. The molecule has 1 atom stereocenters. The van der Waals surface area contributed by atoms with E-state index in [-0.39, 0.29) is 28.4 Å². The number of methoxy groups -OCH3 is 1. The molecule has 2 aromatic rings. The first-order chi connectivity index (χ1) is 11.9. The Morgan fingerprint density at radius 3 is 2.81 bits per heavy atom. The lowest BCUT2D eigenvalue weighted by Crippen LogP contribution is -2.48. The Morgan fingerprint density at radius 1 is 1.38 bits per heavy atom. The average Bonchev–Trinajstić information content (AvgIpc) is 2.64. The van der Waals surface area contributed by atoms with E-state index >= 15 is 0 Å². The van der Waals surface area contributed by atoms with Gasteiger partial charge in [-0.15, -0.1) is 12.4 Å². The van der Waals surface area contributed by atoms with Gasteiger partial charge < -0.3 is 10.1 Å². The highest BCUT2D eigenvalue weighted by atomic mass is 35.5. The maximum absolute atomic E-state index is 13.3. The van der Waals surface area contributed by atoms with E-state index in [1.54, 1.807) is 25.4 Å². The van der Waals surface area contributed by atoms with Crippen LogP contribution in [0.1, 0.15) is 17.2 Å². The third-order valence-electron chi connectivity index (χ3n) is 4.30. The number of rotatable bonds is 4. The summed E-state index contributed by atoms with van der Waals surface area (Å²) in [4.78, 5) is 4.32. The number of pyridine rings is 1. The summed E-state index contributed by atoms with van der Waals surface area (Å²) in [5, 5.41) is 3.53. The largest absolute Gasteiger partial charge is 0.495 e. The molecule has 2 heterocycles. The molecule has 1 unspecified atom stereocenters. The van der Waals surface area contributed by atoms with Gasteiger partial charge in [-0.05, 0) is 36.2 Å². The molecule has 26 heavy (non-hydrogen) atoms. The maximum atomic E-state index is 13.3. The van der Waals surface area contributed by atoms with Crippen LogP contribution in [-0.4, -0.2) is 44.5 Å². The summed E-state index contributed by atoms with van der Waals surface area (Å²) in [6.45, 7) is 3.25. The molecule has 1 fully saturated rings. The van der Waals surface area contributed by atoms with Gasteiger partial charge >= 0.3 is 0 Å². The lowest BCUT2D eigenvalue weighted by molar-refractivity contribution is 0.271. The number of hydrogen-bond acceptors (Lipinski definition) is 5. The number of nitrogens with one attached hydrogen (secondary N) is 1. The van der Waals surface area contributed by atoms with E-state index in [1.807, 2.05) is 12.1 Å². The molecule has 1 aliphatic rings. The quantitative estimate of drug-likeness (QED) is 0.827. The zero-order valence-corrected chi connectivity index (χ0v) is 16.9. The molecule has 0 radical (unpaired) electrons. The van der Waals surface area contributed by atoms with Crippen molar-refractivity contribution in [3.05, 3.63) is 52.8 Å². The number of nitrogens with zero attached hydrogens (tertiary/aromatic N) is 2. The number of benzene rings is 1. The molecular formula is C17H21Cl2N3O3S. The number of aryl methyl sites for hydroxylation is 1. The lowest BCUT2D eigenvalue weighted by Gasteiger charge is -2.35. The minimum Gasteiger partial charge on any atom is -0.495 e. The molecule has 9 heteroatoms. The number of hydrogen-bond donors (Lipinski definition) is 1. The normalized spacial score (nSPS) is 18.2. The van der Waals surface area contributed by atoms with Crippen molar-refractivity contribution >= 4 is 34.0 Å². The molecule has 1 saturated heterocycles. The van der Waals surface area contributed by atoms with Crippen LogP contribution in [0, 0.1) is 6.92 Å². The molecule has 0 saturated carbocycles. The van der Waals surface area contributed by atoms with Crippen molar-refractivity contribution in [2.24, 2.45) is 0 Å². The highest BCUT2D eigenvalue weighted by Crippen LogP contribution is 2.34. The Labute approximate surface area is 165 Å². The van der Waals surface area contributed by atoms with Crippen molar-refractivity contribution in [3.63, 3.8) is 0 Å². The fraction of sp³-hybridized carbons (Fsp3) is 0.353. The summed E-state index contributed by atoms with van der Waals surface area (Å²) in [6.07, 6.45) is 3.38. The molecule has 1 N–H and O–H groups in total. The molecule has 1 aliphatic heterocycles. The van der Waals surface area contributed by atoms with Crippen molar-refractivity contribution in [3.8, 4) is 5.75 Å². The standard InChI is InChI=1S/C17H20ClN3O3S.ClH/c1-12-8-16(24-2)14(18)9-17(12)25(22,23)21-7-6-20-11-15(21)13-4-3-5-19-10-13;/h3-5,8-10,15,20H,6-7,11H2,1-2H3;1H. The first-order valence-electron chi connectivity index (χ1n) is 7.91. The first kappa shape index (κ1) is 20.9. The summed E-state index contributed by atoms with van der Waals surface area (Å²) in [5.74, 6) is 0.460. The highest BCUT2D eigenvalue weighted by molar-refractivity contribution is 7.89. The van der Waals surface area contributed by atoms with Crippen LogP contribution in [0.5, 0.6) is 5.75 Å². The molecular weight excluding hydrogens is 397 g/mol. The lowest BCUT2D eigenvalue weighted by atomic mass is 10.1. The van der Waals surface area contributed by atoms with Gasteiger partial charge in [-0.25, -0.2) is 8.42 Å². The summed E-state index contributed by atoms with van der Waals surface area (Å²) >= 11 is 6.17.